The molecule has 0 fully saturated rings. The molecule has 0 spiro atoms. The quantitative estimate of drug-likeness (QED) is 0.843. The van der Waals surface area contributed by atoms with Gasteiger partial charge in [-0.25, -0.2) is 0 Å². The first-order valence-corrected chi connectivity index (χ1v) is 7.08. The molecule has 0 aliphatic heterocycles. The average molecular weight is 274 g/mol. The van der Waals surface area contributed by atoms with Crippen LogP contribution in [0.15, 0.2) is 48.5 Å². The molecule has 0 aliphatic carbocycles. The second-order valence-electron chi connectivity index (χ2n) is 4.91. The minimum absolute atomic E-state index is 0.383. The molecule has 1 atom stereocenters. The van der Waals surface area contributed by atoms with Gasteiger partial charge in [-0.05, 0) is 55.6 Å². The van der Waals surface area contributed by atoms with Gasteiger partial charge < -0.3 is 5.32 Å². The van der Waals surface area contributed by atoms with E-state index in [9.17, 15) is 0 Å². The van der Waals surface area contributed by atoms with Crippen LogP contribution in [0.5, 0.6) is 0 Å². The molecule has 1 N–H and O–H groups in total. The molecule has 0 aliphatic rings. The summed E-state index contributed by atoms with van der Waals surface area (Å²) in [5.41, 5.74) is 4.03. The highest BCUT2D eigenvalue weighted by Crippen LogP contribution is 2.16. The van der Waals surface area contributed by atoms with Gasteiger partial charge in [-0.1, -0.05) is 48.0 Å². The second kappa shape index (κ2) is 6.74. The van der Waals surface area contributed by atoms with Crippen molar-refractivity contribution in [3.05, 3.63) is 70.2 Å². The Morgan fingerprint density at radius 2 is 1.74 bits per heavy atom. The van der Waals surface area contributed by atoms with Crippen LogP contribution in [0.3, 0.4) is 0 Å². The predicted octanol–water partition coefficient (Wildman–Crippen LogP) is 4.54. The van der Waals surface area contributed by atoms with E-state index in [1.807, 2.05) is 12.1 Å². The Morgan fingerprint density at radius 3 is 2.42 bits per heavy atom. The maximum Gasteiger partial charge on any atom is 0.0406 e. The van der Waals surface area contributed by atoms with Gasteiger partial charge in [0.15, 0.2) is 0 Å². The van der Waals surface area contributed by atoms with Gasteiger partial charge in [-0.3, -0.25) is 0 Å². The van der Waals surface area contributed by atoms with Gasteiger partial charge in [0, 0.05) is 11.1 Å². The average Bonchev–Trinajstić information content (AvgIpc) is 2.41. The summed E-state index contributed by atoms with van der Waals surface area (Å²) in [5.74, 6) is 0. The SMILES string of the molecule is Cc1ccccc1C(C)NCCc1ccc(Cl)cc1. The number of hydrogen-bond acceptors (Lipinski definition) is 1. The molecule has 1 nitrogen and oxygen atoms in total. The van der Waals surface area contributed by atoms with Crippen LogP contribution in [-0.4, -0.2) is 6.54 Å². The van der Waals surface area contributed by atoms with Crippen LogP contribution in [0.2, 0.25) is 5.02 Å². The minimum atomic E-state index is 0.383. The van der Waals surface area contributed by atoms with Crippen molar-refractivity contribution in [2.75, 3.05) is 6.54 Å². The van der Waals surface area contributed by atoms with Gasteiger partial charge in [-0.2, -0.15) is 0 Å². The molecule has 1 unspecified atom stereocenters. The summed E-state index contributed by atoms with van der Waals surface area (Å²) < 4.78 is 0. The Kier molecular flexibility index (Phi) is 5.00. The van der Waals surface area contributed by atoms with Crippen molar-refractivity contribution in [2.45, 2.75) is 26.3 Å². The van der Waals surface area contributed by atoms with E-state index in [2.05, 4.69) is 55.6 Å². The van der Waals surface area contributed by atoms with Crippen molar-refractivity contribution in [3.63, 3.8) is 0 Å². The summed E-state index contributed by atoms with van der Waals surface area (Å²) in [5, 5.41) is 4.37. The first kappa shape index (κ1) is 14.1. The summed E-state index contributed by atoms with van der Waals surface area (Å²) in [6.45, 7) is 5.34. The molecule has 0 saturated carbocycles. The Labute approximate surface area is 120 Å². The topological polar surface area (TPSA) is 12.0 Å². The number of halogens is 1. The molecule has 0 saturated heterocycles. The third kappa shape index (κ3) is 4.09. The van der Waals surface area contributed by atoms with Crippen LogP contribution >= 0.6 is 11.6 Å². The van der Waals surface area contributed by atoms with Gasteiger partial charge in [0.25, 0.3) is 0 Å². The van der Waals surface area contributed by atoms with E-state index in [0.717, 1.165) is 18.0 Å². The summed E-state index contributed by atoms with van der Waals surface area (Å²) in [6.07, 6.45) is 1.02. The third-order valence-electron chi connectivity index (χ3n) is 3.43. The van der Waals surface area contributed by atoms with Crippen molar-refractivity contribution in [1.29, 1.82) is 0 Å². The predicted molar refractivity (Wildman–Crippen MR) is 82.8 cm³/mol. The smallest absolute Gasteiger partial charge is 0.0406 e. The van der Waals surface area contributed by atoms with E-state index in [0.29, 0.717) is 6.04 Å². The van der Waals surface area contributed by atoms with Crippen molar-refractivity contribution in [1.82, 2.24) is 5.32 Å². The summed E-state index contributed by atoms with van der Waals surface area (Å²) in [6, 6.07) is 17.0. The van der Waals surface area contributed by atoms with E-state index in [1.165, 1.54) is 16.7 Å². The van der Waals surface area contributed by atoms with E-state index in [-0.39, 0.29) is 0 Å². The van der Waals surface area contributed by atoms with Crippen LogP contribution in [-0.2, 0) is 6.42 Å². The minimum Gasteiger partial charge on any atom is -0.310 e. The lowest BCUT2D eigenvalue weighted by molar-refractivity contribution is 0.574. The number of nitrogens with one attached hydrogen (secondary N) is 1. The van der Waals surface area contributed by atoms with Crippen LogP contribution in [0.25, 0.3) is 0 Å². The zero-order valence-electron chi connectivity index (χ0n) is 11.5. The first-order chi connectivity index (χ1) is 9.16. The normalized spacial score (nSPS) is 12.4. The van der Waals surface area contributed by atoms with Crippen molar-refractivity contribution >= 4 is 11.6 Å². The Bertz CT molecular complexity index is 519. The first-order valence-electron chi connectivity index (χ1n) is 6.70. The van der Waals surface area contributed by atoms with Crippen molar-refractivity contribution < 1.29 is 0 Å². The number of benzene rings is 2. The number of aryl methyl sites for hydroxylation is 1. The zero-order chi connectivity index (χ0) is 13.7. The molecular formula is C17H20ClN. The Hall–Kier alpha value is -1.31. The third-order valence-corrected chi connectivity index (χ3v) is 3.68. The largest absolute Gasteiger partial charge is 0.310 e. The summed E-state index contributed by atoms with van der Waals surface area (Å²) >= 11 is 5.88. The molecule has 2 heteroatoms. The van der Waals surface area contributed by atoms with Gasteiger partial charge >= 0.3 is 0 Å². The van der Waals surface area contributed by atoms with Crippen LogP contribution in [0.1, 0.15) is 29.7 Å². The van der Waals surface area contributed by atoms with Gasteiger partial charge in [0.05, 0.1) is 0 Å². The summed E-state index contributed by atoms with van der Waals surface area (Å²) in [4.78, 5) is 0. The highest BCUT2D eigenvalue weighted by molar-refractivity contribution is 6.30. The second-order valence-corrected chi connectivity index (χ2v) is 5.35. The standard InChI is InChI=1S/C17H20ClN/c1-13-5-3-4-6-17(13)14(2)19-12-11-15-7-9-16(18)10-8-15/h3-10,14,19H,11-12H2,1-2H3. The van der Waals surface area contributed by atoms with Crippen LogP contribution in [0.4, 0.5) is 0 Å². The van der Waals surface area contributed by atoms with E-state index >= 15 is 0 Å². The van der Waals surface area contributed by atoms with Gasteiger partial charge in [0.2, 0.25) is 0 Å². The summed E-state index contributed by atoms with van der Waals surface area (Å²) in [7, 11) is 0. The molecule has 100 valence electrons. The fourth-order valence-corrected chi connectivity index (χ4v) is 2.39. The molecule has 2 aromatic rings. The molecule has 2 rings (SSSR count). The van der Waals surface area contributed by atoms with E-state index in [1.54, 1.807) is 0 Å². The maximum atomic E-state index is 5.88. The molecule has 0 aromatic heterocycles. The zero-order valence-corrected chi connectivity index (χ0v) is 12.2. The molecular weight excluding hydrogens is 254 g/mol. The molecule has 0 radical (unpaired) electrons. The maximum absolute atomic E-state index is 5.88. The fraction of sp³-hybridized carbons (Fsp3) is 0.294. The lowest BCUT2D eigenvalue weighted by Crippen LogP contribution is -2.21. The molecule has 0 amide bonds. The lowest BCUT2D eigenvalue weighted by Gasteiger charge is -2.16. The Balaban J connectivity index is 1.86. The van der Waals surface area contributed by atoms with E-state index < -0.39 is 0 Å². The van der Waals surface area contributed by atoms with Crippen LogP contribution in [0, 0.1) is 6.92 Å². The van der Waals surface area contributed by atoms with Crippen molar-refractivity contribution in [3.8, 4) is 0 Å². The van der Waals surface area contributed by atoms with Crippen molar-refractivity contribution in [2.24, 2.45) is 0 Å². The van der Waals surface area contributed by atoms with Crippen LogP contribution < -0.4 is 5.32 Å². The number of hydrogen-bond donors (Lipinski definition) is 1. The van der Waals surface area contributed by atoms with E-state index in [4.69, 9.17) is 11.6 Å². The lowest BCUT2D eigenvalue weighted by atomic mass is 10.0. The highest BCUT2D eigenvalue weighted by Gasteiger charge is 2.06. The highest BCUT2D eigenvalue weighted by atomic mass is 35.5. The molecule has 19 heavy (non-hydrogen) atoms. The van der Waals surface area contributed by atoms with Gasteiger partial charge in [-0.15, -0.1) is 0 Å². The van der Waals surface area contributed by atoms with Gasteiger partial charge in [0.1, 0.15) is 0 Å². The number of rotatable bonds is 5. The fourth-order valence-electron chi connectivity index (χ4n) is 2.27. The molecule has 0 bridgehead atoms. The monoisotopic (exact) mass is 273 g/mol. The molecule has 0 heterocycles. The Morgan fingerprint density at radius 1 is 1.05 bits per heavy atom. The molecule has 2 aromatic carbocycles.